The lowest BCUT2D eigenvalue weighted by atomic mass is 9.50. The van der Waals surface area contributed by atoms with Gasteiger partial charge in [-0.05, 0) is 68.1 Å². The van der Waals surface area contributed by atoms with Crippen LogP contribution in [-0.4, -0.2) is 11.6 Å². The van der Waals surface area contributed by atoms with Crippen molar-refractivity contribution in [2.24, 2.45) is 35.0 Å². The van der Waals surface area contributed by atoms with Gasteiger partial charge in [0.25, 0.3) is 0 Å². The van der Waals surface area contributed by atoms with Gasteiger partial charge in [0.1, 0.15) is 11.6 Å². The molecular weight excluding hydrogens is 248 g/mol. The standard InChI is InChI=1S/C18H26O2/c1-18-9-8-14-13-5-3-12(19)10-11(13)2-4-15(14)16(18)6-7-17(18)20/h11,13-16H,2-10H2,1H3/t11?,13?,14?,15?,16?,18-/m0/s1. The van der Waals surface area contributed by atoms with Crippen LogP contribution in [0.2, 0.25) is 0 Å². The molecule has 0 bridgehead atoms. The highest BCUT2D eigenvalue weighted by molar-refractivity contribution is 5.87. The van der Waals surface area contributed by atoms with E-state index in [0.717, 1.165) is 56.3 Å². The highest BCUT2D eigenvalue weighted by Gasteiger charge is 2.56. The van der Waals surface area contributed by atoms with Gasteiger partial charge in [0.15, 0.2) is 0 Å². The van der Waals surface area contributed by atoms with Crippen LogP contribution in [0.25, 0.3) is 0 Å². The molecular formula is C18H26O2. The summed E-state index contributed by atoms with van der Waals surface area (Å²) in [5.74, 6) is 4.79. The van der Waals surface area contributed by atoms with Crippen LogP contribution in [0.15, 0.2) is 0 Å². The summed E-state index contributed by atoms with van der Waals surface area (Å²) in [5.41, 5.74) is 0.0124. The van der Waals surface area contributed by atoms with Crippen molar-refractivity contribution in [2.75, 3.05) is 0 Å². The first-order chi connectivity index (χ1) is 9.59. The van der Waals surface area contributed by atoms with E-state index in [1.54, 1.807) is 0 Å². The molecule has 2 heteroatoms. The first kappa shape index (κ1) is 13.0. The largest absolute Gasteiger partial charge is 0.300 e. The van der Waals surface area contributed by atoms with Crippen LogP contribution in [0.5, 0.6) is 0 Å². The first-order valence-electron chi connectivity index (χ1n) is 8.64. The fourth-order valence-electron chi connectivity index (χ4n) is 6.43. The summed E-state index contributed by atoms with van der Waals surface area (Å²) >= 11 is 0. The summed E-state index contributed by atoms with van der Waals surface area (Å²) < 4.78 is 0. The van der Waals surface area contributed by atoms with Crippen LogP contribution >= 0.6 is 0 Å². The molecule has 0 amide bonds. The third-order valence-corrected chi connectivity index (χ3v) is 7.47. The van der Waals surface area contributed by atoms with Gasteiger partial charge >= 0.3 is 0 Å². The number of hydrogen-bond donors (Lipinski definition) is 0. The molecule has 0 N–H and O–H groups in total. The van der Waals surface area contributed by atoms with Gasteiger partial charge in [-0.3, -0.25) is 9.59 Å². The third-order valence-electron chi connectivity index (χ3n) is 7.47. The maximum atomic E-state index is 12.3. The van der Waals surface area contributed by atoms with E-state index in [2.05, 4.69) is 6.92 Å². The summed E-state index contributed by atoms with van der Waals surface area (Å²) in [6.45, 7) is 2.25. The Balaban J connectivity index is 1.59. The minimum absolute atomic E-state index is 0.0124. The molecule has 0 radical (unpaired) electrons. The molecule has 0 heterocycles. The fraction of sp³-hybridized carbons (Fsp3) is 0.889. The number of rotatable bonds is 0. The average molecular weight is 274 g/mol. The van der Waals surface area contributed by atoms with E-state index in [-0.39, 0.29) is 5.41 Å². The molecule has 20 heavy (non-hydrogen) atoms. The summed E-state index contributed by atoms with van der Waals surface area (Å²) in [6, 6.07) is 0. The zero-order valence-corrected chi connectivity index (χ0v) is 12.6. The number of fused-ring (bicyclic) bond motifs is 5. The topological polar surface area (TPSA) is 34.1 Å². The molecule has 0 aromatic carbocycles. The zero-order chi connectivity index (χ0) is 13.9. The molecule has 6 atom stereocenters. The SMILES string of the molecule is C[C@]12CCC3C4CCC(=O)CC4CCC3C1CCC2=O. The van der Waals surface area contributed by atoms with E-state index in [4.69, 9.17) is 0 Å². The lowest BCUT2D eigenvalue weighted by molar-refractivity contribution is -0.134. The van der Waals surface area contributed by atoms with Gasteiger partial charge in [-0.15, -0.1) is 0 Å². The minimum atomic E-state index is 0.0124. The van der Waals surface area contributed by atoms with E-state index in [1.807, 2.05) is 0 Å². The lowest BCUT2D eigenvalue weighted by Crippen LogP contribution is -2.48. The molecule has 0 aliphatic heterocycles. The lowest BCUT2D eigenvalue weighted by Gasteiger charge is -2.53. The highest BCUT2D eigenvalue weighted by Crippen LogP contribution is 2.61. The number of carbonyl (C=O) groups is 2. The summed E-state index contributed by atoms with van der Waals surface area (Å²) in [7, 11) is 0. The molecule has 4 fully saturated rings. The normalized spacial score (nSPS) is 51.4. The molecule has 0 aromatic rings. The monoisotopic (exact) mass is 274 g/mol. The minimum Gasteiger partial charge on any atom is -0.300 e. The third kappa shape index (κ3) is 1.69. The van der Waals surface area contributed by atoms with Gasteiger partial charge in [0.05, 0.1) is 0 Å². The van der Waals surface area contributed by atoms with Crippen molar-refractivity contribution in [1.29, 1.82) is 0 Å². The summed E-state index contributed by atoms with van der Waals surface area (Å²) in [6.07, 6.45) is 9.70. The molecule has 0 saturated heterocycles. The Hall–Kier alpha value is -0.660. The number of carbonyl (C=O) groups excluding carboxylic acids is 2. The second-order valence-corrected chi connectivity index (χ2v) is 8.13. The quantitative estimate of drug-likeness (QED) is 0.673. The zero-order valence-electron chi connectivity index (χ0n) is 12.6. The Bertz CT molecular complexity index is 454. The molecule has 110 valence electrons. The van der Waals surface area contributed by atoms with Crippen LogP contribution in [0, 0.1) is 35.0 Å². The van der Waals surface area contributed by atoms with E-state index < -0.39 is 0 Å². The van der Waals surface area contributed by atoms with E-state index in [9.17, 15) is 9.59 Å². The number of ketones is 2. The second kappa shape index (κ2) is 4.42. The van der Waals surface area contributed by atoms with Crippen molar-refractivity contribution in [3.63, 3.8) is 0 Å². The Labute approximate surface area is 121 Å². The van der Waals surface area contributed by atoms with Gasteiger partial charge < -0.3 is 0 Å². The average Bonchev–Trinajstić information content (AvgIpc) is 2.74. The van der Waals surface area contributed by atoms with Crippen LogP contribution in [0.3, 0.4) is 0 Å². The van der Waals surface area contributed by atoms with Gasteiger partial charge in [-0.2, -0.15) is 0 Å². The molecule has 0 spiro atoms. The van der Waals surface area contributed by atoms with Crippen molar-refractivity contribution < 1.29 is 9.59 Å². The Morgan fingerprint density at radius 3 is 2.60 bits per heavy atom. The molecule has 4 aliphatic rings. The van der Waals surface area contributed by atoms with Crippen LogP contribution in [-0.2, 0) is 9.59 Å². The van der Waals surface area contributed by atoms with E-state index in [1.165, 1.54) is 19.3 Å². The van der Waals surface area contributed by atoms with Gasteiger partial charge in [-0.25, -0.2) is 0 Å². The van der Waals surface area contributed by atoms with Crippen LogP contribution in [0.1, 0.15) is 64.7 Å². The van der Waals surface area contributed by atoms with Crippen molar-refractivity contribution in [3.8, 4) is 0 Å². The second-order valence-electron chi connectivity index (χ2n) is 8.13. The van der Waals surface area contributed by atoms with E-state index in [0.29, 0.717) is 23.4 Å². The maximum Gasteiger partial charge on any atom is 0.139 e. The van der Waals surface area contributed by atoms with Gasteiger partial charge in [0, 0.05) is 24.7 Å². The molecule has 0 aromatic heterocycles. The number of hydrogen-bond acceptors (Lipinski definition) is 2. The highest BCUT2D eigenvalue weighted by atomic mass is 16.1. The smallest absolute Gasteiger partial charge is 0.139 e. The first-order valence-corrected chi connectivity index (χ1v) is 8.64. The van der Waals surface area contributed by atoms with Crippen molar-refractivity contribution >= 4 is 11.6 Å². The predicted molar refractivity (Wildman–Crippen MR) is 77.1 cm³/mol. The molecule has 4 aliphatic carbocycles. The Morgan fingerprint density at radius 1 is 0.900 bits per heavy atom. The number of Topliss-reactive ketones (excluding diaryl/α,β-unsaturated/α-hetero) is 2. The van der Waals surface area contributed by atoms with Crippen LogP contribution < -0.4 is 0 Å². The molecule has 4 saturated carbocycles. The maximum absolute atomic E-state index is 12.3. The van der Waals surface area contributed by atoms with Crippen LogP contribution in [0.4, 0.5) is 0 Å². The van der Waals surface area contributed by atoms with E-state index >= 15 is 0 Å². The van der Waals surface area contributed by atoms with Gasteiger partial charge in [-0.1, -0.05) is 6.92 Å². The fourth-order valence-corrected chi connectivity index (χ4v) is 6.43. The molecule has 2 nitrogen and oxygen atoms in total. The Kier molecular flexibility index (Phi) is 2.88. The predicted octanol–water partition coefficient (Wildman–Crippen LogP) is 3.78. The Morgan fingerprint density at radius 2 is 1.75 bits per heavy atom. The van der Waals surface area contributed by atoms with Crippen molar-refractivity contribution in [3.05, 3.63) is 0 Å². The van der Waals surface area contributed by atoms with Gasteiger partial charge in [0.2, 0.25) is 0 Å². The molecule has 4 rings (SSSR count). The summed E-state index contributed by atoms with van der Waals surface area (Å²) in [4.78, 5) is 24.0. The van der Waals surface area contributed by atoms with Crippen molar-refractivity contribution in [1.82, 2.24) is 0 Å². The summed E-state index contributed by atoms with van der Waals surface area (Å²) in [5, 5.41) is 0. The van der Waals surface area contributed by atoms with Crippen molar-refractivity contribution in [2.45, 2.75) is 64.7 Å². The molecule has 5 unspecified atom stereocenters.